The maximum absolute atomic E-state index is 9.40. The fraction of sp³-hybridized carbons (Fsp3) is 0.381. The molecule has 0 radical (unpaired) electrons. The molecule has 2 aromatic rings. The summed E-state index contributed by atoms with van der Waals surface area (Å²) in [5.74, 6) is 0. The van der Waals surface area contributed by atoms with Crippen LogP contribution in [0.2, 0.25) is 0 Å². The number of nitrogens with zero attached hydrogens (tertiary/aromatic N) is 3. The van der Waals surface area contributed by atoms with Crippen LogP contribution >= 0.6 is 11.8 Å². The molecule has 0 unspecified atom stereocenters. The summed E-state index contributed by atoms with van der Waals surface area (Å²) in [4.78, 5) is 7.18. The average Bonchev–Trinajstić information content (AvgIpc) is 2.65. The summed E-state index contributed by atoms with van der Waals surface area (Å²) in [6.45, 7) is 4.12. The summed E-state index contributed by atoms with van der Waals surface area (Å²) < 4.78 is 0. The van der Waals surface area contributed by atoms with Crippen LogP contribution in [0.1, 0.15) is 31.7 Å². The van der Waals surface area contributed by atoms with Crippen LogP contribution in [0, 0.1) is 0 Å². The molecule has 0 fully saturated rings. The number of hydrogen-bond acceptors (Lipinski definition) is 5. The summed E-state index contributed by atoms with van der Waals surface area (Å²) in [5.41, 5.74) is 4.24. The van der Waals surface area contributed by atoms with Crippen molar-refractivity contribution in [2.24, 2.45) is 5.16 Å². The van der Waals surface area contributed by atoms with E-state index in [1.165, 1.54) is 21.2 Å². The van der Waals surface area contributed by atoms with Gasteiger partial charge in [0.15, 0.2) is 0 Å². The first-order chi connectivity index (χ1) is 12.6. The average molecular weight is 370 g/mol. The smallest absolute Gasteiger partial charge is 0.0868 e. The second-order valence-corrected chi connectivity index (χ2v) is 7.94. The number of fused-ring (bicyclic) bond motifs is 2. The lowest BCUT2D eigenvalue weighted by atomic mass is 10.0. The van der Waals surface area contributed by atoms with Crippen molar-refractivity contribution >= 4 is 28.8 Å². The lowest BCUT2D eigenvalue weighted by Gasteiger charge is -2.33. The third kappa shape index (κ3) is 4.05. The first-order valence-electron chi connectivity index (χ1n) is 9.18. The molecule has 0 aromatic heterocycles. The minimum absolute atomic E-state index is 0.757. The molecule has 138 valence electrons. The highest BCUT2D eigenvalue weighted by atomic mass is 32.2. The highest BCUT2D eigenvalue weighted by Crippen LogP contribution is 2.48. The van der Waals surface area contributed by atoms with E-state index in [0.29, 0.717) is 0 Å². The van der Waals surface area contributed by atoms with Gasteiger partial charge in [-0.25, -0.2) is 0 Å². The molecule has 0 bridgehead atoms. The zero-order chi connectivity index (χ0) is 18.5. The molecule has 5 heteroatoms. The maximum atomic E-state index is 9.40. The lowest BCUT2D eigenvalue weighted by molar-refractivity contribution is 0.318. The third-order valence-corrected chi connectivity index (χ3v) is 5.68. The van der Waals surface area contributed by atoms with Gasteiger partial charge in [-0.2, -0.15) is 0 Å². The van der Waals surface area contributed by atoms with Crippen LogP contribution in [-0.2, 0) is 0 Å². The van der Waals surface area contributed by atoms with Gasteiger partial charge in [-0.15, -0.1) is 0 Å². The Hall–Kier alpha value is -1.98. The van der Waals surface area contributed by atoms with Gasteiger partial charge in [0, 0.05) is 21.9 Å². The molecule has 0 saturated heterocycles. The standard InChI is InChI=1S/C21H27N3OS/c1-4-8-17(22-25)16-11-12-21-19(15-16)24(14-7-13-23(2)3)18-9-5-6-10-20(18)26-21/h5-6,9-12,15,25H,4,7-8,13-14H2,1-3H3/b22-17+. The van der Waals surface area contributed by atoms with Crippen LogP contribution in [0.15, 0.2) is 57.4 Å². The van der Waals surface area contributed by atoms with E-state index in [1.54, 1.807) is 0 Å². The fourth-order valence-corrected chi connectivity index (χ4v) is 4.36. The summed E-state index contributed by atoms with van der Waals surface area (Å²) in [7, 11) is 4.22. The van der Waals surface area contributed by atoms with Gasteiger partial charge >= 0.3 is 0 Å². The van der Waals surface area contributed by atoms with Crippen LogP contribution in [0.3, 0.4) is 0 Å². The first kappa shape index (κ1) is 18.8. The second kappa shape index (κ2) is 8.60. The second-order valence-electron chi connectivity index (χ2n) is 6.86. The van der Waals surface area contributed by atoms with E-state index in [2.05, 4.69) is 78.4 Å². The van der Waals surface area contributed by atoms with Crippen molar-refractivity contribution in [1.29, 1.82) is 0 Å². The Kier molecular flexibility index (Phi) is 6.22. The summed E-state index contributed by atoms with van der Waals surface area (Å²) in [6, 6.07) is 15.0. The van der Waals surface area contributed by atoms with Crippen molar-refractivity contribution in [2.75, 3.05) is 32.1 Å². The van der Waals surface area contributed by atoms with Crippen molar-refractivity contribution in [1.82, 2.24) is 4.90 Å². The van der Waals surface area contributed by atoms with Crippen LogP contribution in [-0.4, -0.2) is 43.0 Å². The van der Waals surface area contributed by atoms with Crippen molar-refractivity contribution < 1.29 is 5.21 Å². The summed E-state index contributed by atoms with van der Waals surface area (Å²) in [6.07, 6.45) is 2.83. The van der Waals surface area contributed by atoms with Crippen molar-refractivity contribution in [3.8, 4) is 0 Å². The SMILES string of the molecule is CCC/C(=N\O)c1ccc2c(c1)N(CCCN(C)C)c1ccccc1S2. The number of para-hydroxylation sites is 1. The molecule has 26 heavy (non-hydrogen) atoms. The number of rotatable bonds is 7. The molecule has 2 aromatic carbocycles. The van der Waals surface area contributed by atoms with E-state index in [1.807, 2.05) is 11.8 Å². The molecule has 1 aliphatic heterocycles. The molecule has 1 heterocycles. The van der Waals surface area contributed by atoms with Gasteiger partial charge in [-0.1, -0.05) is 48.5 Å². The van der Waals surface area contributed by atoms with Crippen molar-refractivity contribution in [3.05, 3.63) is 48.0 Å². The quantitative estimate of drug-likeness (QED) is 0.413. The van der Waals surface area contributed by atoms with Crippen LogP contribution in [0.4, 0.5) is 11.4 Å². The third-order valence-electron chi connectivity index (χ3n) is 4.55. The summed E-state index contributed by atoms with van der Waals surface area (Å²) >= 11 is 1.81. The monoisotopic (exact) mass is 369 g/mol. The predicted octanol–water partition coefficient (Wildman–Crippen LogP) is 5.22. The van der Waals surface area contributed by atoms with E-state index >= 15 is 0 Å². The molecular formula is C21H27N3OS. The van der Waals surface area contributed by atoms with Crippen molar-refractivity contribution in [2.45, 2.75) is 36.0 Å². The Balaban J connectivity index is 1.97. The van der Waals surface area contributed by atoms with E-state index < -0.39 is 0 Å². The van der Waals surface area contributed by atoms with Gasteiger partial charge in [0.05, 0.1) is 17.1 Å². The zero-order valence-electron chi connectivity index (χ0n) is 15.8. The Labute approximate surface area is 160 Å². The van der Waals surface area contributed by atoms with Gasteiger partial charge in [0.25, 0.3) is 0 Å². The molecule has 3 rings (SSSR count). The lowest BCUT2D eigenvalue weighted by Crippen LogP contribution is -2.25. The molecule has 0 spiro atoms. The van der Waals surface area contributed by atoms with Crippen molar-refractivity contribution in [3.63, 3.8) is 0 Å². The highest BCUT2D eigenvalue weighted by molar-refractivity contribution is 7.99. The van der Waals surface area contributed by atoms with Gasteiger partial charge in [-0.05, 0) is 57.7 Å². The predicted molar refractivity (Wildman–Crippen MR) is 110 cm³/mol. The number of hydrogen-bond donors (Lipinski definition) is 1. The van der Waals surface area contributed by atoms with Gasteiger partial charge in [0.2, 0.25) is 0 Å². The minimum atomic E-state index is 0.757. The largest absolute Gasteiger partial charge is 0.411 e. The van der Waals surface area contributed by atoms with Crippen LogP contribution in [0.25, 0.3) is 0 Å². The van der Waals surface area contributed by atoms with E-state index in [0.717, 1.165) is 43.6 Å². The van der Waals surface area contributed by atoms with Crippen LogP contribution in [0.5, 0.6) is 0 Å². The molecule has 1 aliphatic rings. The molecule has 1 N–H and O–H groups in total. The molecule has 0 atom stereocenters. The Morgan fingerprint density at radius 2 is 1.88 bits per heavy atom. The van der Waals surface area contributed by atoms with E-state index in [4.69, 9.17) is 0 Å². The van der Waals surface area contributed by atoms with Gasteiger partial charge in [0.1, 0.15) is 0 Å². The Morgan fingerprint density at radius 3 is 2.62 bits per heavy atom. The molecule has 0 amide bonds. The highest BCUT2D eigenvalue weighted by Gasteiger charge is 2.23. The van der Waals surface area contributed by atoms with Gasteiger partial charge in [-0.3, -0.25) is 0 Å². The van der Waals surface area contributed by atoms with E-state index in [9.17, 15) is 5.21 Å². The number of oxime groups is 1. The normalized spacial score (nSPS) is 13.7. The number of benzene rings is 2. The minimum Gasteiger partial charge on any atom is -0.411 e. The Morgan fingerprint density at radius 1 is 1.12 bits per heavy atom. The maximum Gasteiger partial charge on any atom is 0.0868 e. The molecule has 0 saturated carbocycles. The zero-order valence-corrected chi connectivity index (χ0v) is 16.6. The van der Waals surface area contributed by atoms with E-state index in [-0.39, 0.29) is 0 Å². The molecule has 4 nitrogen and oxygen atoms in total. The fourth-order valence-electron chi connectivity index (χ4n) is 3.28. The summed E-state index contributed by atoms with van der Waals surface area (Å²) in [5, 5.41) is 12.9. The first-order valence-corrected chi connectivity index (χ1v) is 10.00. The molecule has 0 aliphatic carbocycles. The number of anilines is 2. The topological polar surface area (TPSA) is 39.1 Å². The van der Waals surface area contributed by atoms with Gasteiger partial charge < -0.3 is 15.0 Å². The van der Waals surface area contributed by atoms with Crippen LogP contribution < -0.4 is 4.90 Å². The molecular weight excluding hydrogens is 342 g/mol. The Bertz CT molecular complexity index is 789.